The molecule has 0 amide bonds. The van der Waals surface area contributed by atoms with E-state index in [0.717, 1.165) is 22.4 Å². The van der Waals surface area contributed by atoms with Crippen LogP contribution in [0, 0.1) is 5.92 Å². The van der Waals surface area contributed by atoms with E-state index < -0.39 is 0 Å². The SMILES string of the molecule is CC=CCSc1[nH]c(=O)cnc1C1CCC2CCN1C2. The van der Waals surface area contributed by atoms with Crippen LogP contribution in [0.3, 0.4) is 0 Å². The molecule has 0 radical (unpaired) electrons. The summed E-state index contributed by atoms with van der Waals surface area (Å²) < 4.78 is 0. The van der Waals surface area contributed by atoms with Gasteiger partial charge in [-0.3, -0.25) is 14.7 Å². The highest BCUT2D eigenvalue weighted by Crippen LogP contribution is 2.40. The van der Waals surface area contributed by atoms with Gasteiger partial charge in [-0.05, 0) is 38.6 Å². The number of hydrogen-bond donors (Lipinski definition) is 1. The molecule has 1 N–H and O–H groups in total. The quantitative estimate of drug-likeness (QED) is 0.684. The lowest BCUT2D eigenvalue weighted by Crippen LogP contribution is -2.32. The van der Waals surface area contributed by atoms with Gasteiger partial charge >= 0.3 is 0 Å². The Morgan fingerprint density at radius 2 is 2.40 bits per heavy atom. The predicted molar refractivity (Wildman–Crippen MR) is 82.1 cm³/mol. The van der Waals surface area contributed by atoms with Crippen molar-refractivity contribution in [3.05, 3.63) is 34.4 Å². The van der Waals surface area contributed by atoms with Crippen molar-refractivity contribution in [1.82, 2.24) is 14.9 Å². The van der Waals surface area contributed by atoms with E-state index in [4.69, 9.17) is 0 Å². The monoisotopic (exact) mass is 291 g/mol. The van der Waals surface area contributed by atoms with Crippen LogP contribution in [0.4, 0.5) is 0 Å². The minimum absolute atomic E-state index is 0.105. The van der Waals surface area contributed by atoms with E-state index in [-0.39, 0.29) is 5.56 Å². The highest BCUT2D eigenvalue weighted by atomic mass is 32.2. The third-order valence-corrected chi connectivity index (χ3v) is 5.23. The van der Waals surface area contributed by atoms with Crippen LogP contribution in [0.25, 0.3) is 0 Å². The van der Waals surface area contributed by atoms with Crippen molar-refractivity contribution >= 4 is 11.8 Å². The van der Waals surface area contributed by atoms with Gasteiger partial charge in [-0.2, -0.15) is 0 Å². The molecule has 2 saturated heterocycles. The molecule has 4 nitrogen and oxygen atoms in total. The zero-order chi connectivity index (χ0) is 13.9. The number of fused-ring (bicyclic) bond motifs is 2. The summed E-state index contributed by atoms with van der Waals surface area (Å²) in [4.78, 5) is 21.5. The van der Waals surface area contributed by atoms with Crippen molar-refractivity contribution in [1.29, 1.82) is 0 Å². The van der Waals surface area contributed by atoms with Crippen LogP contribution in [0.5, 0.6) is 0 Å². The van der Waals surface area contributed by atoms with E-state index in [1.54, 1.807) is 11.8 Å². The summed E-state index contributed by atoms with van der Waals surface area (Å²) in [5.74, 6) is 1.76. The minimum Gasteiger partial charge on any atom is -0.314 e. The van der Waals surface area contributed by atoms with Crippen LogP contribution >= 0.6 is 11.8 Å². The Hall–Kier alpha value is -1.07. The fourth-order valence-electron chi connectivity index (χ4n) is 3.24. The van der Waals surface area contributed by atoms with Crippen LogP contribution < -0.4 is 5.56 Å². The Morgan fingerprint density at radius 3 is 3.25 bits per heavy atom. The van der Waals surface area contributed by atoms with Crippen molar-refractivity contribution in [2.75, 3.05) is 18.8 Å². The van der Waals surface area contributed by atoms with Gasteiger partial charge in [-0.25, -0.2) is 0 Å². The lowest BCUT2D eigenvalue weighted by Gasteiger charge is -2.32. The molecule has 3 unspecified atom stereocenters. The molecule has 0 saturated carbocycles. The molecular weight excluding hydrogens is 270 g/mol. The van der Waals surface area contributed by atoms with E-state index in [1.165, 1.54) is 38.5 Å². The predicted octanol–water partition coefficient (Wildman–Crippen LogP) is 2.59. The molecule has 1 aromatic rings. The van der Waals surface area contributed by atoms with Crippen molar-refractivity contribution in [3.8, 4) is 0 Å². The normalized spacial score (nSPS) is 29.1. The maximum absolute atomic E-state index is 11.6. The number of H-pyrrole nitrogens is 1. The fraction of sp³-hybridized carbons (Fsp3) is 0.600. The zero-order valence-corrected chi connectivity index (χ0v) is 12.7. The van der Waals surface area contributed by atoms with Crippen molar-refractivity contribution < 1.29 is 0 Å². The average Bonchev–Trinajstić information content (AvgIpc) is 2.82. The number of hydrogen-bond acceptors (Lipinski definition) is 4. The Kier molecular flexibility index (Phi) is 4.27. The summed E-state index contributed by atoms with van der Waals surface area (Å²) in [7, 11) is 0. The molecule has 108 valence electrons. The number of piperidine rings is 1. The number of rotatable bonds is 4. The van der Waals surface area contributed by atoms with Crippen LogP contribution in [-0.4, -0.2) is 33.7 Å². The van der Waals surface area contributed by atoms with Crippen LogP contribution in [0.1, 0.15) is 37.9 Å². The number of nitrogens with one attached hydrogen (secondary N) is 1. The lowest BCUT2D eigenvalue weighted by atomic mass is 9.95. The highest BCUT2D eigenvalue weighted by molar-refractivity contribution is 7.99. The average molecular weight is 291 g/mol. The minimum atomic E-state index is -0.105. The number of aromatic nitrogens is 2. The first-order valence-corrected chi connectivity index (χ1v) is 8.33. The van der Waals surface area contributed by atoms with Crippen LogP contribution in [0.2, 0.25) is 0 Å². The Labute approximate surface area is 123 Å². The summed E-state index contributed by atoms with van der Waals surface area (Å²) >= 11 is 1.67. The number of aromatic amines is 1. The largest absolute Gasteiger partial charge is 0.314 e. The third kappa shape index (κ3) is 2.83. The molecule has 3 atom stereocenters. The second kappa shape index (κ2) is 6.14. The molecule has 3 heterocycles. The van der Waals surface area contributed by atoms with E-state index in [9.17, 15) is 4.79 Å². The topological polar surface area (TPSA) is 49.0 Å². The molecule has 2 aliphatic rings. The first kappa shape index (κ1) is 13.9. The molecule has 0 aliphatic carbocycles. The van der Waals surface area contributed by atoms with Gasteiger partial charge in [-0.1, -0.05) is 12.2 Å². The molecule has 3 rings (SSSR count). The summed E-state index contributed by atoms with van der Waals surface area (Å²) in [5.41, 5.74) is 0.964. The van der Waals surface area contributed by atoms with Crippen molar-refractivity contribution in [2.45, 2.75) is 37.3 Å². The molecule has 0 aromatic carbocycles. The maximum atomic E-state index is 11.6. The summed E-state index contributed by atoms with van der Waals surface area (Å²) in [6, 6.07) is 0.388. The van der Waals surface area contributed by atoms with Gasteiger partial charge in [0.15, 0.2) is 0 Å². The number of thioether (sulfide) groups is 1. The second-order valence-electron chi connectivity index (χ2n) is 5.58. The van der Waals surface area contributed by atoms with E-state index in [0.29, 0.717) is 6.04 Å². The lowest BCUT2D eigenvalue weighted by molar-refractivity contribution is 0.175. The van der Waals surface area contributed by atoms with Gasteiger partial charge in [0, 0.05) is 12.3 Å². The molecule has 1 aromatic heterocycles. The zero-order valence-electron chi connectivity index (χ0n) is 11.8. The Morgan fingerprint density at radius 1 is 1.50 bits per heavy atom. The smallest absolute Gasteiger partial charge is 0.267 e. The maximum Gasteiger partial charge on any atom is 0.267 e. The van der Waals surface area contributed by atoms with Gasteiger partial charge in [0.1, 0.15) is 0 Å². The van der Waals surface area contributed by atoms with E-state index >= 15 is 0 Å². The fourth-order valence-corrected chi connectivity index (χ4v) is 4.20. The molecule has 5 heteroatoms. The highest BCUT2D eigenvalue weighted by Gasteiger charge is 2.36. The molecule has 2 fully saturated rings. The summed E-state index contributed by atoms with van der Waals surface area (Å²) in [6.45, 7) is 4.39. The van der Waals surface area contributed by atoms with Gasteiger partial charge in [0.25, 0.3) is 5.56 Å². The molecule has 2 bridgehead atoms. The Bertz CT molecular complexity index is 554. The van der Waals surface area contributed by atoms with Gasteiger partial charge in [-0.15, -0.1) is 11.8 Å². The second-order valence-corrected chi connectivity index (χ2v) is 6.61. The first-order chi connectivity index (χ1) is 9.78. The third-order valence-electron chi connectivity index (χ3n) is 4.27. The van der Waals surface area contributed by atoms with Crippen LogP contribution in [-0.2, 0) is 0 Å². The molecule has 0 spiro atoms. The Balaban J connectivity index is 1.85. The van der Waals surface area contributed by atoms with Gasteiger partial charge in [0.2, 0.25) is 0 Å². The standard InChI is InChI=1S/C15H21N3OS/c1-2-3-8-20-15-14(16-9-13(19)17-15)12-5-4-11-6-7-18(12)10-11/h2-3,9,11-12H,4-8,10H2,1H3,(H,17,19). The molecule has 2 aliphatic heterocycles. The van der Waals surface area contributed by atoms with Crippen molar-refractivity contribution in [2.24, 2.45) is 5.92 Å². The van der Waals surface area contributed by atoms with E-state index in [1.807, 2.05) is 13.0 Å². The van der Waals surface area contributed by atoms with Gasteiger partial charge in [0.05, 0.1) is 23.0 Å². The number of nitrogens with zero attached hydrogens (tertiary/aromatic N) is 2. The molecule has 20 heavy (non-hydrogen) atoms. The molecular formula is C15H21N3OS. The summed E-state index contributed by atoms with van der Waals surface area (Å²) in [5, 5.41) is 0.950. The number of allylic oxidation sites excluding steroid dienone is 1. The summed E-state index contributed by atoms with van der Waals surface area (Å²) in [6.07, 6.45) is 9.35. The van der Waals surface area contributed by atoms with Crippen LogP contribution in [0.15, 0.2) is 28.2 Å². The van der Waals surface area contributed by atoms with Gasteiger partial charge < -0.3 is 4.98 Å². The van der Waals surface area contributed by atoms with Crippen molar-refractivity contribution in [3.63, 3.8) is 0 Å². The first-order valence-electron chi connectivity index (χ1n) is 7.35. The van der Waals surface area contributed by atoms with E-state index in [2.05, 4.69) is 20.9 Å².